The van der Waals surface area contributed by atoms with Crippen LogP contribution in [0.5, 0.6) is 0 Å². The van der Waals surface area contributed by atoms with Gasteiger partial charge in [-0.2, -0.15) is 13.2 Å². The van der Waals surface area contributed by atoms with Gasteiger partial charge in [0.2, 0.25) is 5.91 Å². The first-order chi connectivity index (χ1) is 7.87. The van der Waals surface area contributed by atoms with E-state index in [0.29, 0.717) is 5.92 Å². The molecule has 3 nitrogen and oxygen atoms in total. The van der Waals surface area contributed by atoms with Gasteiger partial charge in [-0.25, -0.2) is 0 Å². The second kappa shape index (κ2) is 6.23. The molecular formula is C11H19F3N2O. The van der Waals surface area contributed by atoms with E-state index in [9.17, 15) is 18.0 Å². The minimum atomic E-state index is -4.34. The summed E-state index contributed by atoms with van der Waals surface area (Å²) in [5.41, 5.74) is 0. The van der Waals surface area contributed by atoms with E-state index in [1.54, 1.807) is 0 Å². The molecule has 0 atom stereocenters. The molecule has 1 rings (SSSR count). The van der Waals surface area contributed by atoms with Gasteiger partial charge < -0.3 is 10.6 Å². The molecule has 0 aromatic carbocycles. The quantitative estimate of drug-likeness (QED) is 0.801. The molecule has 1 aliphatic rings. The number of carbonyl (C=O) groups is 1. The van der Waals surface area contributed by atoms with E-state index >= 15 is 0 Å². The summed E-state index contributed by atoms with van der Waals surface area (Å²) in [5, 5.41) is 4.84. The van der Waals surface area contributed by atoms with Crippen molar-refractivity contribution in [3.05, 3.63) is 0 Å². The number of alkyl halides is 3. The van der Waals surface area contributed by atoms with Crippen LogP contribution in [0.2, 0.25) is 0 Å². The summed E-state index contributed by atoms with van der Waals surface area (Å²) in [6.07, 6.45) is -0.124. The Morgan fingerprint density at radius 1 is 1.24 bits per heavy atom. The van der Waals surface area contributed by atoms with Gasteiger partial charge in [-0.1, -0.05) is 6.92 Å². The lowest BCUT2D eigenvalue weighted by atomic mass is 9.87. The van der Waals surface area contributed by atoms with Crippen molar-refractivity contribution < 1.29 is 18.0 Å². The number of hydrogen-bond donors (Lipinski definition) is 2. The Kier molecular flexibility index (Phi) is 5.24. The number of rotatable bonds is 4. The van der Waals surface area contributed by atoms with Crippen LogP contribution < -0.4 is 10.6 Å². The third kappa shape index (κ3) is 6.51. The topological polar surface area (TPSA) is 41.1 Å². The molecule has 0 aromatic heterocycles. The predicted octanol–water partition coefficient (Wildman–Crippen LogP) is 1.83. The summed E-state index contributed by atoms with van der Waals surface area (Å²) < 4.78 is 35.5. The maximum absolute atomic E-state index is 11.8. The van der Waals surface area contributed by atoms with Crippen LogP contribution in [0.25, 0.3) is 0 Å². The van der Waals surface area contributed by atoms with Crippen LogP contribution in [0.4, 0.5) is 13.2 Å². The van der Waals surface area contributed by atoms with Crippen LogP contribution in [0.3, 0.4) is 0 Å². The molecule has 6 heteroatoms. The van der Waals surface area contributed by atoms with Crippen LogP contribution in [-0.4, -0.2) is 31.2 Å². The van der Waals surface area contributed by atoms with Gasteiger partial charge in [0.25, 0.3) is 0 Å². The third-order valence-corrected chi connectivity index (χ3v) is 3.05. The molecular weight excluding hydrogens is 233 g/mol. The van der Waals surface area contributed by atoms with Gasteiger partial charge in [-0.05, 0) is 31.6 Å². The summed E-state index contributed by atoms with van der Waals surface area (Å²) in [6, 6.07) is 0.267. The normalized spacial score (nSPS) is 25.6. The Bertz CT molecular complexity index is 248. The molecule has 0 spiro atoms. The minimum absolute atomic E-state index is 0.0326. The fourth-order valence-electron chi connectivity index (χ4n) is 1.96. The molecule has 0 radical (unpaired) electrons. The summed E-state index contributed by atoms with van der Waals surface area (Å²) in [4.78, 5) is 11.1. The van der Waals surface area contributed by atoms with E-state index in [2.05, 4.69) is 12.2 Å². The fraction of sp³-hybridized carbons (Fsp3) is 0.909. The number of amides is 1. The number of carbonyl (C=O) groups excluding carboxylic acids is 1. The van der Waals surface area contributed by atoms with Gasteiger partial charge in [0.15, 0.2) is 0 Å². The number of nitrogens with one attached hydrogen (secondary N) is 2. The lowest BCUT2D eigenvalue weighted by Crippen LogP contribution is -2.43. The molecule has 1 fully saturated rings. The smallest absolute Gasteiger partial charge is 0.346 e. The highest BCUT2D eigenvalue weighted by atomic mass is 19.4. The van der Waals surface area contributed by atoms with E-state index in [1.807, 2.05) is 5.32 Å². The lowest BCUT2D eigenvalue weighted by molar-refractivity contribution is -0.138. The van der Waals surface area contributed by atoms with Crippen molar-refractivity contribution in [2.75, 3.05) is 13.1 Å². The van der Waals surface area contributed by atoms with Crippen LogP contribution in [0, 0.1) is 5.92 Å². The molecule has 1 amide bonds. The fourth-order valence-corrected chi connectivity index (χ4v) is 1.96. The van der Waals surface area contributed by atoms with Crippen LogP contribution in [0.15, 0.2) is 0 Å². The zero-order valence-corrected chi connectivity index (χ0v) is 9.94. The first-order valence-electron chi connectivity index (χ1n) is 5.93. The number of hydrogen-bond acceptors (Lipinski definition) is 2. The van der Waals surface area contributed by atoms with E-state index in [1.165, 1.54) is 0 Å². The monoisotopic (exact) mass is 252 g/mol. The molecule has 17 heavy (non-hydrogen) atoms. The van der Waals surface area contributed by atoms with Crippen LogP contribution >= 0.6 is 0 Å². The van der Waals surface area contributed by atoms with Gasteiger partial charge in [-0.3, -0.25) is 4.79 Å². The average molecular weight is 252 g/mol. The molecule has 0 bridgehead atoms. The molecule has 1 saturated carbocycles. The van der Waals surface area contributed by atoms with Crippen molar-refractivity contribution in [1.29, 1.82) is 0 Å². The van der Waals surface area contributed by atoms with Crippen LogP contribution in [-0.2, 0) is 4.79 Å². The van der Waals surface area contributed by atoms with E-state index in [-0.39, 0.29) is 12.6 Å². The van der Waals surface area contributed by atoms with Crippen molar-refractivity contribution in [2.45, 2.75) is 44.8 Å². The Morgan fingerprint density at radius 3 is 2.35 bits per heavy atom. The van der Waals surface area contributed by atoms with Gasteiger partial charge >= 0.3 is 6.18 Å². The summed E-state index contributed by atoms with van der Waals surface area (Å²) in [6.45, 7) is 0.899. The maximum atomic E-state index is 11.8. The summed E-state index contributed by atoms with van der Waals surface area (Å²) >= 11 is 0. The van der Waals surface area contributed by atoms with E-state index < -0.39 is 18.6 Å². The third-order valence-electron chi connectivity index (χ3n) is 3.05. The van der Waals surface area contributed by atoms with E-state index in [4.69, 9.17) is 0 Å². The minimum Gasteiger partial charge on any atom is -0.346 e. The van der Waals surface area contributed by atoms with Gasteiger partial charge in [0.05, 0.1) is 6.54 Å². The second-order valence-electron chi connectivity index (χ2n) is 4.73. The molecule has 100 valence electrons. The second-order valence-corrected chi connectivity index (χ2v) is 4.73. The Morgan fingerprint density at radius 2 is 1.82 bits per heavy atom. The first kappa shape index (κ1) is 14.3. The molecule has 0 unspecified atom stereocenters. The van der Waals surface area contributed by atoms with Crippen molar-refractivity contribution in [3.8, 4) is 0 Å². The zero-order chi connectivity index (χ0) is 12.9. The Labute approximate surface area is 99.1 Å². The molecule has 0 aromatic rings. The molecule has 0 saturated heterocycles. The lowest BCUT2D eigenvalue weighted by Gasteiger charge is -2.26. The average Bonchev–Trinajstić information content (AvgIpc) is 2.25. The Hall–Kier alpha value is -0.780. The summed E-state index contributed by atoms with van der Waals surface area (Å²) in [7, 11) is 0. The van der Waals surface area contributed by atoms with Gasteiger partial charge in [0.1, 0.15) is 6.54 Å². The zero-order valence-electron chi connectivity index (χ0n) is 9.94. The molecule has 0 aliphatic heterocycles. The summed E-state index contributed by atoms with van der Waals surface area (Å²) in [5.74, 6) is 0.119. The van der Waals surface area contributed by atoms with Crippen LogP contribution in [0.1, 0.15) is 32.6 Å². The highest BCUT2D eigenvalue weighted by molar-refractivity contribution is 5.78. The van der Waals surface area contributed by atoms with Gasteiger partial charge in [0, 0.05) is 6.04 Å². The number of halogens is 3. The highest BCUT2D eigenvalue weighted by Gasteiger charge is 2.27. The van der Waals surface area contributed by atoms with E-state index in [0.717, 1.165) is 25.7 Å². The molecule has 1 aliphatic carbocycles. The molecule has 0 heterocycles. The maximum Gasteiger partial charge on any atom is 0.405 e. The SMILES string of the molecule is CC1CCC(NCC(=O)NCC(F)(F)F)CC1. The molecule has 2 N–H and O–H groups in total. The Balaban J connectivity index is 2.11. The highest BCUT2D eigenvalue weighted by Crippen LogP contribution is 2.23. The van der Waals surface area contributed by atoms with Crippen molar-refractivity contribution in [1.82, 2.24) is 10.6 Å². The van der Waals surface area contributed by atoms with Crippen molar-refractivity contribution >= 4 is 5.91 Å². The first-order valence-corrected chi connectivity index (χ1v) is 5.93. The standard InChI is InChI=1S/C11H19F3N2O/c1-8-2-4-9(5-3-8)15-6-10(17)16-7-11(12,13)14/h8-9,15H,2-7H2,1H3,(H,16,17). The largest absolute Gasteiger partial charge is 0.405 e. The van der Waals surface area contributed by atoms with Crippen molar-refractivity contribution in [3.63, 3.8) is 0 Å². The van der Waals surface area contributed by atoms with Gasteiger partial charge in [-0.15, -0.1) is 0 Å². The van der Waals surface area contributed by atoms with Crippen molar-refractivity contribution in [2.24, 2.45) is 5.92 Å². The predicted molar refractivity (Wildman–Crippen MR) is 58.5 cm³/mol.